The number of sulfonamides is 1. The molecule has 1 aromatic rings. The Morgan fingerprint density at radius 2 is 1.46 bits per heavy atom. The molecule has 1 aliphatic carbocycles. The predicted molar refractivity (Wildman–Crippen MR) is 105 cm³/mol. The van der Waals surface area contributed by atoms with E-state index >= 15 is 0 Å². The molecule has 7 heteroatoms. The van der Waals surface area contributed by atoms with Gasteiger partial charge >= 0.3 is 7.12 Å². The van der Waals surface area contributed by atoms with E-state index in [9.17, 15) is 8.42 Å². The second kappa shape index (κ2) is 6.62. The third-order valence-corrected chi connectivity index (χ3v) is 8.16. The SMILES string of the molecule is CC1(C)OB(c2ccc(CC3(S(N)(=O)=O)CCCCC3)cc2)OC1(C)C. The average Bonchev–Trinajstić information content (AvgIpc) is 2.76. The van der Waals surface area contributed by atoms with Crippen LogP contribution in [0.3, 0.4) is 0 Å². The van der Waals surface area contributed by atoms with Gasteiger partial charge in [-0.1, -0.05) is 43.5 Å². The minimum Gasteiger partial charge on any atom is -0.399 e. The summed E-state index contributed by atoms with van der Waals surface area (Å²) >= 11 is 0. The van der Waals surface area contributed by atoms with Crippen LogP contribution in [0, 0.1) is 0 Å². The Bertz CT molecular complexity index is 736. The molecule has 2 fully saturated rings. The van der Waals surface area contributed by atoms with Gasteiger partial charge in [-0.25, -0.2) is 13.6 Å². The van der Waals surface area contributed by atoms with Gasteiger partial charge in [-0.2, -0.15) is 0 Å². The van der Waals surface area contributed by atoms with E-state index in [1.807, 2.05) is 52.0 Å². The zero-order valence-electron chi connectivity index (χ0n) is 16.2. The second-order valence-electron chi connectivity index (χ2n) is 8.80. The van der Waals surface area contributed by atoms with Gasteiger partial charge in [0.1, 0.15) is 0 Å². The molecule has 1 saturated heterocycles. The van der Waals surface area contributed by atoms with Crippen LogP contribution in [0.1, 0.15) is 65.4 Å². The number of hydrogen-bond acceptors (Lipinski definition) is 4. The van der Waals surface area contributed by atoms with Gasteiger partial charge in [-0.15, -0.1) is 0 Å². The fourth-order valence-electron chi connectivity index (χ4n) is 3.90. The van der Waals surface area contributed by atoms with Crippen LogP contribution in [0.5, 0.6) is 0 Å². The topological polar surface area (TPSA) is 78.6 Å². The van der Waals surface area contributed by atoms with Gasteiger partial charge in [0.2, 0.25) is 10.0 Å². The number of rotatable bonds is 4. The van der Waals surface area contributed by atoms with Crippen molar-refractivity contribution in [2.45, 2.75) is 82.2 Å². The monoisotopic (exact) mass is 379 g/mol. The molecular weight excluding hydrogens is 349 g/mol. The Balaban J connectivity index is 1.78. The first-order valence-corrected chi connectivity index (χ1v) is 11.0. The lowest BCUT2D eigenvalue weighted by Gasteiger charge is -2.35. The second-order valence-corrected chi connectivity index (χ2v) is 10.8. The molecule has 144 valence electrons. The Kier molecular flexibility index (Phi) is 5.06. The van der Waals surface area contributed by atoms with Gasteiger partial charge < -0.3 is 9.31 Å². The van der Waals surface area contributed by atoms with Crippen molar-refractivity contribution < 1.29 is 17.7 Å². The van der Waals surface area contributed by atoms with Gasteiger partial charge in [0.15, 0.2) is 0 Å². The van der Waals surface area contributed by atoms with E-state index in [4.69, 9.17) is 14.4 Å². The van der Waals surface area contributed by atoms with Gasteiger partial charge in [0, 0.05) is 0 Å². The molecule has 1 saturated carbocycles. The molecule has 1 heterocycles. The van der Waals surface area contributed by atoms with Crippen molar-refractivity contribution in [3.63, 3.8) is 0 Å². The first-order chi connectivity index (χ1) is 12.0. The summed E-state index contributed by atoms with van der Waals surface area (Å²) in [5, 5.41) is 5.61. The predicted octanol–water partition coefficient (Wildman–Crippen LogP) is 2.52. The van der Waals surface area contributed by atoms with E-state index < -0.39 is 21.9 Å². The van der Waals surface area contributed by atoms with Crippen molar-refractivity contribution >= 4 is 22.6 Å². The smallest absolute Gasteiger partial charge is 0.399 e. The van der Waals surface area contributed by atoms with Crippen LogP contribution in [0.2, 0.25) is 0 Å². The summed E-state index contributed by atoms with van der Waals surface area (Å²) in [6.45, 7) is 8.11. The van der Waals surface area contributed by atoms with E-state index in [1.165, 1.54) is 0 Å². The molecule has 0 aromatic heterocycles. The Morgan fingerprint density at radius 3 is 1.92 bits per heavy atom. The summed E-state index contributed by atoms with van der Waals surface area (Å²) in [6.07, 6.45) is 4.67. The molecule has 1 aromatic carbocycles. The van der Waals surface area contributed by atoms with E-state index in [-0.39, 0.29) is 11.2 Å². The summed E-state index contributed by atoms with van der Waals surface area (Å²) in [4.78, 5) is 0. The van der Waals surface area contributed by atoms with Crippen LogP contribution in [-0.2, 0) is 25.8 Å². The lowest BCUT2D eigenvalue weighted by molar-refractivity contribution is 0.00578. The van der Waals surface area contributed by atoms with Crippen molar-refractivity contribution in [2.75, 3.05) is 0 Å². The highest BCUT2D eigenvalue weighted by Gasteiger charge is 2.51. The van der Waals surface area contributed by atoms with Crippen LogP contribution >= 0.6 is 0 Å². The molecule has 0 bridgehead atoms. The summed E-state index contributed by atoms with van der Waals surface area (Å²) in [5.74, 6) is 0. The Morgan fingerprint density at radius 1 is 0.962 bits per heavy atom. The van der Waals surface area contributed by atoms with Crippen LogP contribution in [0.25, 0.3) is 0 Å². The first kappa shape index (κ1) is 19.9. The van der Waals surface area contributed by atoms with Crippen molar-refractivity contribution in [1.29, 1.82) is 0 Å². The highest BCUT2D eigenvalue weighted by atomic mass is 32.2. The number of hydrogen-bond donors (Lipinski definition) is 1. The maximum absolute atomic E-state index is 12.3. The zero-order valence-corrected chi connectivity index (χ0v) is 17.1. The Labute approximate surface area is 157 Å². The quantitative estimate of drug-likeness (QED) is 0.816. The molecule has 26 heavy (non-hydrogen) atoms. The molecule has 3 rings (SSSR count). The van der Waals surface area contributed by atoms with E-state index in [1.54, 1.807) is 0 Å². The molecule has 0 radical (unpaired) electrons. The minimum absolute atomic E-state index is 0.379. The van der Waals surface area contributed by atoms with Crippen molar-refractivity contribution in [1.82, 2.24) is 0 Å². The molecule has 1 aliphatic heterocycles. The summed E-state index contributed by atoms with van der Waals surface area (Å²) in [6, 6.07) is 7.89. The maximum atomic E-state index is 12.3. The average molecular weight is 379 g/mol. The highest BCUT2D eigenvalue weighted by Crippen LogP contribution is 2.38. The number of nitrogens with two attached hydrogens (primary N) is 1. The summed E-state index contributed by atoms with van der Waals surface area (Å²) < 4.78 is 35.9. The van der Waals surface area contributed by atoms with Crippen molar-refractivity contribution in [3.8, 4) is 0 Å². The van der Waals surface area contributed by atoms with Gasteiger partial charge in [0.25, 0.3) is 0 Å². The first-order valence-electron chi connectivity index (χ1n) is 9.43. The fraction of sp³-hybridized carbons (Fsp3) is 0.684. The molecule has 5 nitrogen and oxygen atoms in total. The number of primary sulfonamides is 1. The minimum atomic E-state index is -3.59. The van der Waals surface area contributed by atoms with E-state index in [2.05, 4.69) is 0 Å². The normalized spacial score (nSPS) is 24.6. The van der Waals surface area contributed by atoms with Gasteiger partial charge in [0.05, 0.1) is 15.9 Å². The molecule has 0 amide bonds. The maximum Gasteiger partial charge on any atom is 0.494 e. The molecule has 0 spiro atoms. The molecule has 0 atom stereocenters. The molecule has 2 aliphatic rings. The van der Waals surface area contributed by atoms with Crippen molar-refractivity contribution in [3.05, 3.63) is 29.8 Å². The lowest BCUT2D eigenvalue weighted by atomic mass is 9.78. The third-order valence-electron chi connectivity index (χ3n) is 6.40. The van der Waals surface area contributed by atoms with Crippen LogP contribution < -0.4 is 10.6 Å². The largest absolute Gasteiger partial charge is 0.494 e. The summed E-state index contributed by atoms with van der Waals surface area (Å²) in [5.41, 5.74) is 1.17. The van der Waals surface area contributed by atoms with Crippen LogP contribution in [0.15, 0.2) is 24.3 Å². The lowest BCUT2D eigenvalue weighted by Crippen LogP contribution is -2.46. The molecule has 2 N–H and O–H groups in total. The molecule has 0 unspecified atom stereocenters. The van der Waals surface area contributed by atoms with E-state index in [0.29, 0.717) is 19.3 Å². The van der Waals surface area contributed by atoms with E-state index in [0.717, 1.165) is 30.3 Å². The Hall–Kier alpha value is -0.885. The highest BCUT2D eigenvalue weighted by molar-refractivity contribution is 7.90. The molecular formula is C19H30BNO4S. The van der Waals surface area contributed by atoms with Crippen LogP contribution in [0.4, 0.5) is 0 Å². The third kappa shape index (κ3) is 3.59. The summed E-state index contributed by atoms with van der Waals surface area (Å²) in [7, 11) is -4.00. The van der Waals surface area contributed by atoms with Gasteiger partial charge in [-0.3, -0.25) is 0 Å². The standard InChI is InChI=1S/C19H30BNO4S/c1-17(2)18(3,4)25-20(24-17)16-10-8-15(9-11-16)14-19(26(21,22)23)12-6-5-7-13-19/h8-11H,5-7,12-14H2,1-4H3,(H2,21,22,23). The fourth-order valence-corrected chi connectivity index (χ4v) is 5.13. The van der Waals surface area contributed by atoms with Gasteiger partial charge in [-0.05, 0) is 58.0 Å². The zero-order chi connectivity index (χ0) is 19.2. The van der Waals surface area contributed by atoms with Crippen molar-refractivity contribution in [2.24, 2.45) is 5.14 Å². The van der Waals surface area contributed by atoms with Crippen LogP contribution in [-0.4, -0.2) is 31.5 Å². The number of benzene rings is 1.